The molecule has 2 atom stereocenters. The van der Waals surface area contributed by atoms with Crippen LogP contribution in [-0.4, -0.2) is 16.9 Å². The topological polar surface area (TPSA) is 77.2 Å². The predicted octanol–water partition coefficient (Wildman–Crippen LogP) is 4.40. The molecule has 0 aliphatic carbocycles. The summed E-state index contributed by atoms with van der Waals surface area (Å²) in [6.45, 7) is 3.59. The maximum absolute atomic E-state index is 11.9. The van der Waals surface area contributed by atoms with Crippen molar-refractivity contribution in [3.63, 3.8) is 0 Å². The Hall–Kier alpha value is -1.34. The lowest BCUT2D eigenvalue weighted by atomic mass is 10.0. The normalized spacial score (nSPS) is 12.2. The lowest BCUT2D eigenvalue weighted by Gasteiger charge is -2.15. The molecule has 1 amide bonds. The predicted molar refractivity (Wildman–Crippen MR) is 104 cm³/mol. The molecule has 2 aromatic rings. The number of hydrogen-bond acceptors (Lipinski definition) is 4. The summed E-state index contributed by atoms with van der Waals surface area (Å²) in [5, 5.41) is 2.78. The first-order valence-corrected chi connectivity index (χ1v) is 7.71. The Balaban J connectivity index is 0.00000264. The van der Waals surface area contributed by atoms with E-state index in [1.807, 2.05) is 24.3 Å². The zero-order valence-corrected chi connectivity index (χ0v) is 16.5. The fourth-order valence-corrected chi connectivity index (χ4v) is 2.04. The third-order valence-electron chi connectivity index (χ3n) is 3.22. The molecule has 0 bridgehead atoms. The number of hydrogen-bond donors (Lipinski definition) is 2. The number of anilines is 1. The number of nitrogens with one attached hydrogen (secondary N) is 1. The van der Waals surface area contributed by atoms with Crippen molar-refractivity contribution in [2.45, 2.75) is 19.9 Å². The Morgan fingerprint density at radius 3 is 2.50 bits per heavy atom. The van der Waals surface area contributed by atoms with Crippen LogP contribution in [0, 0.1) is 5.92 Å². The third kappa shape index (κ3) is 6.65. The molecule has 0 fully saturated rings. The standard InChI is InChI=1S/C16H18BrN3O2.2ClH/c1-10(11(2)18)16(21)20-13-6-7-15(19-9-13)22-14-5-3-4-12(17)8-14;;/h3-11H,18H2,1-2H3,(H,20,21);2*1H. The second-order valence-electron chi connectivity index (χ2n) is 5.08. The Morgan fingerprint density at radius 2 is 1.96 bits per heavy atom. The Kier molecular flexibility index (Phi) is 9.92. The summed E-state index contributed by atoms with van der Waals surface area (Å²) in [6.07, 6.45) is 1.55. The van der Waals surface area contributed by atoms with Crippen LogP contribution in [0.15, 0.2) is 47.1 Å². The van der Waals surface area contributed by atoms with E-state index in [0.717, 1.165) is 4.47 Å². The smallest absolute Gasteiger partial charge is 0.228 e. The first kappa shape index (κ1) is 22.7. The number of carbonyl (C=O) groups excluding carboxylic acids is 1. The van der Waals surface area contributed by atoms with E-state index in [-0.39, 0.29) is 42.7 Å². The molecule has 8 heteroatoms. The van der Waals surface area contributed by atoms with Crippen LogP contribution in [0.25, 0.3) is 0 Å². The molecule has 0 spiro atoms. The number of amides is 1. The number of rotatable bonds is 5. The molecule has 0 aliphatic heterocycles. The van der Waals surface area contributed by atoms with Gasteiger partial charge in [0.25, 0.3) is 0 Å². The molecule has 1 heterocycles. The summed E-state index contributed by atoms with van der Waals surface area (Å²) in [7, 11) is 0. The van der Waals surface area contributed by atoms with Gasteiger partial charge in [0.1, 0.15) is 5.75 Å². The minimum Gasteiger partial charge on any atom is -0.439 e. The molecule has 1 aromatic heterocycles. The molecule has 132 valence electrons. The highest BCUT2D eigenvalue weighted by atomic mass is 79.9. The lowest BCUT2D eigenvalue weighted by Crippen LogP contribution is -2.34. The molecule has 0 radical (unpaired) electrons. The molecule has 0 aliphatic rings. The van der Waals surface area contributed by atoms with Crippen LogP contribution in [-0.2, 0) is 4.79 Å². The van der Waals surface area contributed by atoms with Crippen LogP contribution in [0.3, 0.4) is 0 Å². The van der Waals surface area contributed by atoms with Gasteiger partial charge in [-0.1, -0.05) is 28.9 Å². The highest BCUT2D eigenvalue weighted by Gasteiger charge is 2.17. The number of ether oxygens (including phenoxy) is 1. The van der Waals surface area contributed by atoms with Crippen LogP contribution < -0.4 is 15.8 Å². The van der Waals surface area contributed by atoms with Crippen molar-refractivity contribution in [1.82, 2.24) is 4.98 Å². The molecule has 2 rings (SSSR count). The molecule has 1 aromatic carbocycles. The van der Waals surface area contributed by atoms with Gasteiger partial charge >= 0.3 is 0 Å². The summed E-state index contributed by atoms with van der Waals surface area (Å²) in [4.78, 5) is 16.1. The van der Waals surface area contributed by atoms with Crippen LogP contribution in [0.1, 0.15) is 13.8 Å². The van der Waals surface area contributed by atoms with Gasteiger partial charge in [0.2, 0.25) is 11.8 Å². The minimum absolute atomic E-state index is 0. The number of pyridine rings is 1. The number of halogens is 3. The first-order valence-electron chi connectivity index (χ1n) is 6.91. The molecule has 24 heavy (non-hydrogen) atoms. The van der Waals surface area contributed by atoms with Crippen LogP contribution in [0.5, 0.6) is 11.6 Å². The van der Waals surface area contributed by atoms with E-state index in [1.165, 1.54) is 0 Å². The highest BCUT2D eigenvalue weighted by Crippen LogP contribution is 2.23. The number of benzene rings is 1. The minimum atomic E-state index is -0.266. The molecule has 0 saturated carbocycles. The van der Waals surface area contributed by atoms with Crippen LogP contribution >= 0.6 is 40.7 Å². The quantitative estimate of drug-likeness (QED) is 0.727. The average Bonchev–Trinajstić information content (AvgIpc) is 2.48. The van der Waals surface area contributed by atoms with Crippen molar-refractivity contribution in [3.05, 3.63) is 47.1 Å². The van der Waals surface area contributed by atoms with Gasteiger partial charge in [-0.3, -0.25) is 4.79 Å². The average molecular weight is 437 g/mol. The largest absolute Gasteiger partial charge is 0.439 e. The summed E-state index contributed by atoms with van der Waals surface area (Å²) in [5.41, 5.74) is 6.32. The number of nitrogens with two attached hydrogens (primary N) is 1. The lowest BCUT2D eigenvalue weighted by molar-refractivity contribution is -0.119. The Labute approximate surface area is 162 Å². The third-order valence-corrected chi connectivity index (χ3v) is 3.72. The number of carbonyl (C=O) groups is 1. The van der Waals surface area contributed by atoms with Crippen LogP contribution in [0.2, 0.25) is 0 Å². The molecular formula is C16H20BrCl2N3O2. The van der Waals surface area contributed by atoms with E-state index in [1.54, 1.807) is 32.2 Å². The fourth-order valence-electron chi connectivity index (χ4n) is 1.66. The summed E-state index contributed by atoms with van der Waals surface area (Å²) in [6, 6.07) is 10.7. The van der Waals surface area contributed by atoms with Crippen molar-refractivity contribution in [2.75, 3.05) is 5.32 Å². The second-order valence-corrected chi connectivity index (χ2v) is 6.00. The Morgan fingerprint density at radius 1 is 1.25 bits per heavy atom. The fraction of sp³-hybridized carbons (Fsp3) is 0.250. The number of aromatic nitrogens is 1. The van der Waals surface area contributed by atoms with Gasteiger partial charge in [-0.15, -0.1) is 24.8 Å². The van der Waals surface area contributed by atoms with E-state index in [9.17, 15) is 4.79 Å². The molecular weight excluding hydrogens is 417 g/mol. The highest BCUT2D eigenvalue weighted by molar-refractivity contribution is 9.10. The van der Waals surface area contributed by atoms with Gasteiger partial charge in [0.15, 0.2) is 0 Å². The van der Waals surface area contributed by atoms with Crippen molar-refractivity contribution in [3.8, 4) is 11.6 Å². The van der Waals surface area contributed by atoms with Crippen molar-refractivity contribution >= 4 is 52.3 Å². The Bertz CT molecular complexity index is 654. The van der Waals surface area contributed by atoms with Crippen LogP contribution in [0.4, 0.5) is 5.69 Å². The van der Waals surface area contributed by atoms with E-state index < -0.39 is 0 Å². The molecule has 2 unspecified atom stereocenters. The van der Waals surface area contributed by atoms with Crippen molar-refractivity contribution in [1.29, 1.82) is 0 Å². The SMILES string of the molecule is CC(N)C(C)C(=O)Nc1ccc(Oc2cccc(Br)c2)nc1.Cl.Cl. The van der Waals surface area contributed by atoms with E-state index in [4.69, 9.17) is 10.5 Å². The van der Waals surface area contributed by atoms with E-state index in [2.05, 4.69) is 26.2 Å². The molecule has 3 N–H and O–H groups in total. The van der Waals surface area contributed by atoms with Gasteiger partial charge in [-0.05, 0) is 31.2 Å². The van der Waals surface area contributed by atoms with Gasteiger partial charge in [0, 0.05) is 16.6 Å². The van der Waals surface area contributed by atoms with E-state index >= 15 is 0 Å². The number of nitrogens with zero attached hydrogens (tertiary/aromatic N) is 1. The van der Waals surface area contributed by atoms with E-state index in [0.29, 0.717) is 17.3 Å². The first-order chi connectivity index (χ1) is 10.5. The van der Waals surface area contributed by atoms with Gasteiger partial charge < -0.3 is 15.8 Å². The zero-order valence-electron chi connectivity index (χ0n) is 13.2. The van der Waals surface area contributed by atoms with Crippen molar-refractivity contribution < 1.29 is 9.53 Å². The van der Waals surface area contributed by atoms with Gasteiger partial charge in [-0.25, -0.2) is 4.98 Å². The van der Waals surface area contributed by atoms with Gasteiger partial charge in [0.05, 0.1) is 17.8 Å². The molecule has 5 nitrogen and oxygen atoms in total. The second kappa shape index (κ2) is 10.5. The summed E-state index contributed by atoms with van der Waals surface area (Å²) < 4.78 is 6.56. The monoisotopic (exact) mass is 435 g/mol. The summed E-state index contributed by atoms with van der Waals surface area (Å²) in [5.74, 6) is 0.746. The molecule has 0 saturated heterocycles. The maximum Gasteiger partial charge on any atom is 0.228 e. The zero-order chi connectivity index (χ0) is 16.1. The van der Waals surface area contributed by atoms with Crippen molar-refractivity contribution in [2.24, 2.45) is 11.7 Å². The maximum atomic E-state index is 11.9. The summed E-state index contributed by atoms with van der Waals surface area (Å²) >= 11 is 3.38. The van der Waals surface area contributed by atoms with Gasteiger partial charge in [-0.2, -0.15) is 0 Å².